The molecule has 0 spiro atoms. The Labute approximate surface area is 78.8 Å². The van der Waals surface area contributed by atoms with E-state index < -0.39 is 0 Å². The fraction of sp³-hybridized carbons (Fsp3) is 0.833. The molecule has 72 valence electrons. The van der Waals surface area contributed by atoms with Crippen molar-refractivity contribution in [1.29, 1.82) is 0 Å². The number of unbranched alkanes of at least 4 members (excludes halogenated alkanes) is 2. The molecule has 0 amide bonds. The lowest BCUT2D eigenvalue weighted by atomic mass is 9.92. The standard InChI is InChI=1S/C12H24/c1-4-7-10-12(9-6-3)11-8-5-2/h3-11H2,1-2H3. The number of hydrogen-bond donors (Lipinski definition) is 0. The average Bonchev–Trinajstić information content (AvgIpc) is 2.10. The number of hydrogen-bond acceptors (Lipinski definition) is 0. The van der Waals surface area contributed by atoms with Gasteiger partial charge in [0.25, 0.3) is 0 Å². The molecule has 0 heteroatoms. The summed E-state index contributed by atoms with van der Waals surface area (Å²) in [6.07, 6.45) is 10.5. The van der Waals surface area contributed by atoms with Gasteiger partial charge in [0.1, 0.15) is 0 Å². The van der Waals surface area contributed by atoms with Crippen LogP contribution in [0.25, 0.3) is 0 Å². The summed E-state index contributed by atoms with van der Waals surface area (Å²) in [4.78, 5) is 0. The third-order valence-corrected chi connectivity index (χ3v) is 2.30. The van der Waals surface area contributed by atoms with Gasteiger partial charge in [0.15, 0.2) is 0 Å². The van der Waals surface area contributed by atoms with Gasteiger partial charge in [-0.15, -0.1) is 0 Å². The molecule has 0 aromatic rings. The first kappa shape index (κ1) is 12.0. The average molecular weight is 168 g/mol. The second-order valence-electron chi connectivity index (χ2n) is 3.56. The predicted molar refractivity (Wildman–Crippen MR) is 56.9 cm³/mol. The monoisotopic (exact) mass is 168 g/mol. The minimum atomic E-state index is 1.09. The van der Waals surface area contributed by atoms with Crippen LogP contribution in [0.15, 0.2) is 0 Å². The van der Waals surface area contributed by atoms with Crippen LogP contribution in [0.4, 0.5) is 0 Å². The van der Waals surface area contributed by atoms with Gasteiger partial charge in [-0.25, -0.2) is 0 Å². The second kappa shape index (κ2) is 9.09. The van der Waals surface area contributed by atoms with Crippen LogP contribution in [0.1, 0.15) is 65.2 Å². The van der Waals surface area contributed by atoms with Crippen LogP contribution in [-0.4, -0.2) is 0 Å². The minimum absolute atomic E-state index is 1.09. The fourth-order valence-corrected chi connectivity index (χ4v) is 1.48. The smallest absolute Gasteiger partial charge is 0.0241 e. The second-order valence-corrected chi connectivity index (χ2v) is 3.56. The quantitative estimate of drug-likeness (QED) is 0.498. The van der Waals surface area contributed by atoms with E-state index in [2.05, 4.69) is 20.8 Å². The summed E-state index contributed by atoms with van der Waals surface area (Å²) in [6.45, 7) is 8.45. The third kappa shape index (κ3) is 6.69. The van der Waals surface area contributed by atoms with Gasteiger partial charge in [-0.05, 0) is 25.2 Å². The van der Waals surface area contributed by atoms with E-state index in [0.717, 1.165) is 6.42 Å². The highest BCUT2D eigenvalue weighted by atomic mass is 14.1. The highest BCUT2D eigenvalue weighted by molar-refractivity contribution is 4.89. The third-order valence-electron chi connectivity index (χ3n) is 2.30. The largest absolute Gasteiger partial charge is 0.0654 e. The Morgan fingerprint density at radius 2 is 1.42 bits per heavy atom. The fourth-order valence-electron chi connectivity index (χ4n) is 1.48. The lowest BCUT2D eigenvalue weighted by Gasteiger charge is -2.13. The molecule has 2 radical (unpaired) electrons. The maximum atomic E-state index is 3.92. The van der Waals surface area contributed by atoms with Crippen LogP contribution in [0.2, 0.25) is 0 Å². The van der Waals surface area contributed by atoms with Crippen molar-refractivity contribution in [3.8, 4) is 0 Å². The van der Waals surface area contributed by atoms with E-state index in [1.165, 1.54) is 44.9 Å². The van der Waals surface area contributed by atoms with Crippen molar-refractivity contribution in [1.82, 2.24) is 0 Å². The van der Waals surface area contributed by atoms with Crippen LogP contribution in [0, 0.1) is 12.8 Å². The first-order valence-corrected chi connectivity index (χ1v) is 5.47. The Balaban J connectivity index is 3.40. The van der Waals surface area contributed by atoms with Crippen LogP contribution < -0.4 is 0 Å². The maximum Gasteiger partial charge on any atom is -0.0241 e. The molecule has 12 heavy (non-hydrogen) atoms. The lowest BCUT2D eigenvalue weighted by molar-refractivity contribution is 0.591. The Kier molecular flexibility index (Phi) is 9.09. The Bertz CT molecular complexity index is 68.1. The van der Waals surface area contributed by atoms with Gasteiger partial charge in [-0.1, -0.05) is 52.9 Å². The molecule has 0 saturated heterocycles. The molecule has 0 heterocycles. The molecule has 0 aliphatic heterocycles. The molecule has 0 aromatic carbocycles. The molecule has 0 nitrogen and oxygen atoms in total. The van der Waals surface area contributed by atoms with E-state index in [0.29, 0.717) is 0 Å². The normalized spacial score (nSPS) is 11.0. The van der Waals surface area contributed by atoms with Crippen molar-refractivity contribution >= 4 is 0 Å². The van der Waals surface area contributed by atoms with E-state index >= 15 is 0 Å². The summed E-state index contributed by atoms with van der Waals surface area (Å²) in [5.74, 6) is 1.76. The summed E-state index contributed by atoms with van der Waals surface area (Å²) >= 11 is 0. The summed E-state index contributed by atoms with van der Waals surface area (Å²) in [5, 5.41) is 0. The summed E-state index contributed by atoms with van der Waals surface area (Å²) in [5.41, 5.74) is 0. The summed E-state index contributed by atoms with van der Waals surface area (Å²) < 4.78 is 0. The first-order valence-electron chi connectivity index (χ1n) is 5.47. The highest BCUT2D eigenvalue weighted by Gasteiger charge is 2.06. The van der Waals surface area contributed by atoms with Crippen molar-refractivity contribution in [3.63, 3.8) is 0 Å². The Hall–Kier alpha value is 0. The van der Waals surface area contributed by atoms with E-state index in [4.69, 9.17) is 0 Å². The topological polar surface area (TPSA) is 0 Å². The van der Waals surface area contributed by atoms with E-state index in [1.54, 1.807) is 5.92 Å². The molecule has 0 aliphatic carbocycles. The molecular formula is C12H24. The van der Waals surface area contributed by atoms with Gasteiger partial charge < -0.3 is 0 Å². The number of rotatable bonds is 8. The van der Waals surface area contributed by atoms with Crippen molar-refractivity contribution in [2.45, 2.75) is 65.2 Å². The maximum absolute atomic E-state index is 3.92. The molecule has 0 bridgehead atoms. The minimum Gasteiger partial charge on any atom is -0.0654 e. The first-order chi connectivity index (χ1) is 5.85. The van der Waals surface area contributed by atoms with Crippen molar-refractivity contribution in [2.24, 2.45) is 0 Å². The summed E-state index contributed by atoms with van der Waals surface area (Å²) in [6, 6.07) is 0. The molecule has 0 fully saturated rings. The van der Waals surface area contributed by atoms with Crippen LogP contribution in [0.5, 0.6) is 0 Å². The molecule has 0 rings (SSSR count). The molecule has 0 unspecified atom stereocenters. The molecule has 0 atom stereocenters. The zero-order valence-corrected chi connectivity index (χ0v) is 8.86. The summed E-state index contributed by atoms with van der Waals surface area (Å²) in [7, 11) is 0. The van der Waals surface area contributed by atoms with Gasteiger partial charge in [-0.2, -0.15) is 0 Å². The van der Waals surface area contributed by atoms with Crippen LogP contribution >= 0.6 is 0 Å². The van der Waals surface area contributed by atoms with Crippen LogP contribution in [0.3, 0.4) is 0 Å². The van der Waals surface area contributed by atoms with E-state index in [-0.39, 0.29) is 0 Å². The molecule has 0 aliphatic rings. The zero-order chi connectivity index (χ0) is 9.23. The molecule has 0 N–H and O–H groups in total. The van der Waals surface area contributed by atoms with Crippen molar-refractivity contribution < 1.29 is 0 Å². The van der Waals surface area contributed by atoms with Crippen molar-refractivity contribution in [3.05, 3.63) is 12.8 Å². The SMILES string of the molecule is [CH2]CC[C](CCCC)CCCC. The van der Waals surface area contributed by atoms with Crippen LogP contribution in [-0.2, 0) is 0 Å². The Morgan fingerprint density at radius 1 is 0.917 bits per heavy atom. The molecular weight excluding hydrogens is 144 g/mol. The predicted octanol–water partition coefficient (Wildman–Crippen LogP) is 4.56. The van der Waals surface area contributed by atoms with E-state index in [9.17, 15) is 0 Å². The van der Waals surface area contributed by atoms with Gasteiger partial charge in [0.2, 0.25) is 0 Å². The highest BCUT2D eigenvalue weighted by Crippen LogP contribution is 2.22. The Morgan fingerprint density at radius 3 is 1.75 bits per heavy atom. The van der Waals surface area contributed by atoms with Gasteiger partial charge in [0, 0.05) is 0 Å². The van der Waals surface area contributed by atoms with Crippen molar-refractivity contribution in [2.75, 3.05) is 0 Å². The van der Waals surface area contributed by atoms with Gasteiger partial charge in [-0.3, -0.25) is 0 Å². The lowest BCUT2D eigenvalue weighted by Crippen LogP contribution is -1.97. The zero-order valence-electron chi connectivity index (χ0n) is 8.86. The molecule has 0 aromatic heterocycles. The van der Waals surface area contributed by atoms with E-state index in [1.807, 2.05) is 0 Å². The van der Waals surface area contributed by atoms with Gasteiger partial charge in [0.05, 0.1) is 0 Å². The molecule has 0 saturated carbocycles. The van der Waals surface area contributed by atoms with Gasteiger partial charge >= 0.3 is 0 Å².